The molecule has 0 aliphatic heterocycles. The summed E-state index contributed by atoms with van der Waals surface area (Å²) in [5.74, 6) is 0.789. The molecule has 2 N–H and O–H groups in total. The van der Waals surface area contributed by atoms with Crippen molar-refractivity contribution >= 4 is 39.6 Å². The first-order valence-electron chi connectivity index (χ1n) is 5.94. The first kappa shape index (κ1) is 13.5. The molecule has 0 aliphatic rings. The third kappa shape index (κ3) is 3.17. The van der Waals surface area contributed by atoms with E-state index in [2.05, 4.69) is 51.8 Å². The smallest absolute Gasteiger partial charge is 0.203 e. The molecule has 0 radical (unpaired) electrons. The van der Waals surface area contributed by atoms with Crippen molar-refractivity contribution in [2.75, 3.05) is 5.73 Å². The first-order valence-corrected chi connectivity index (χ1v) is 8.62. The van der Waals surface area contributed by atoms with Gasteiger partial charge >= 0.3 is 0 Å². The van der Waals surface area contributed by atoms with Crippen molar-refractivity contribution in [3.63, 3.8) is 0 Å². The van der Waals surface area contributed by atoms with Gasteiger partial charge in [0.2, 0.25) is 5.13 Å². The van der Waals surface area contributed by atoms with Crippen LogP contribution in [0.4, 0.5) is 5.13 Å². The number of nitrogens with zero attached hydrogens (tertiary/aromatic N) is 3. The summed E-state index contributed by atoms with van der Waals surface area (Å²) in [6.07, 6.45) is 0. The molecule has 3 rings (SSSR count). The molecule has 0 saturated carbocycles. The Hall–Kier alpha value is -1.44. The van der Waals surface area contributed by atoms with Crippen LogP contribution in [-0.4, -0.2) is 15.2 Å². The lowest BCUT2D eigenvalue weighted by molar-refractivity contribution is 1.02. The van der Waals surface area contributed by atoms with E-state index in [0.29, 0.717) is 5.13 Å². The van der Waals surface area contributed by atoms with Crippen molar-refractivity contribution in [1.82, 2.24) is 15.2 Å². The summed E-state index contributed by atoms with van der Waals surface area (Å²) < 4.78 is 0.882. The average Bonchev–Trinajstić information content (AvgIpc) is 3.06. The maximum atomic E-state index is 5.56. The number of rotatable bonds is 4. The van der Waals surface area contributed by atoms with Crippen molar-refractivity contribution in [3.05, 3.63) is 40.9 Å². The SMILES string of the molecule is Cc1ccc(-c2nc(CSc3nnc(N)s3)cs2)cc1. The van der Waals surface area contributed by atoms with Gasteiger partial charge in [-0.05, 0) is 6.92 Å². The van der Waals surface area contributed by atoms with E-state index >= 15 is 0 Å². The van der Waals surface area contributed by atoms with Crippen molar-refractivity contribution in [1.29, 1.82) is 0 Å². The fraction of sp³-hybridized carbons (Fsp3) is 0.154. The molecule has 0 spiro atoms. The Morgan fingerprint density at radius 1 is 1.20 bits per heavy atom. The first-order chi connectivity index (χ1) is 9.70. The van der Waals surface area contributed by atoms with Crippen LogP contribution < -0.4 is 5.73 Å². The van der Waals surface area contributed by atoms with Crippen LogP contribution in [0.25, 0.3) is 10.6 Å². The van der Waals surface area contributed by atoms with Gasteiger partial charge in [0.25, 0.3) is 0 Å². The van der Waals surface area contributed by atoms with Crippen LogP contribution in [0.1, 0.15) is 11.3 Å². The van der Waals surface area contributed by atoms with Crippen LogP contribution in [0.3, 0.4) is 0 Å². The number of aromatic nitrogens is 3. The van der Waals surface area contributed by atoms with E-state index in [0.717, 1.165) is 26.4 Å². The van der Waals surface area contributed by atoms with Crippen LogP contribution in [0, 0.1) is 6.92 Å². The summed E-state index contributed by atoms with van der Waals surface area (Å²) in [6.45, 7) is 2.08. The molecule has 2 heterocycles. The summed E-state index contributed by atoms with van der Waals surface area (Å²) in [4.78, 5) is 4.65. The van der Waals surface area contributed by atoms with Crippen LogP contribution in [0.2, 0.25) is 0 Å². The highest BCUT2D eigenvalue weighted by atomic mass is 32.2. The van der Waals surface area contributed by atoms with Gasteiger partial charge in [0, 0.05) is 16.7 Å². The van der Waals surface area contributed by atoms with Crippen molar-refractivity contribution in [2.45, 2.75) is 17.0 Å². The molecular formula is C13H12N4S3. The molecule has 0 saturated heterocycles. The molecule has 4 nitrogen and oxygen atoms in total. The second-order valence-electron chi connectivity index (χ2n) is 4.20. The maximum absolute atomic E-state index is 5.56. The van der Waals surface area contributed by atoms with E-state index in [-0.39, 0.29) is 0 Å². The van der Waals surface area contributed by atoms with E-state index in [1.165, 1.54) is 16.9 Å². The number of aryl methyl sites for hydroxylation is 1. The number of thioether (sulfide) groups is 1. The lowest BCUT2D eigenvalue weighted by Crippen LogP contribution is -1.82. The van der Waals surface area contributed by atoms with Gasteiger partial charge in [-0.15, -0.1) is 21.5 Å². The quantitative estimate of drug-likeness (QED) is 0.740. The Morgan fingerprint density at radius 3 is 2.70 bits per heavy atom. The second-order valence-corrected chi connectivity index (χ2v) is 7.29. The molecule has 0 aliphatic carbocycles. The fourth-order valence-corrected chi connectivity index (χ4v) is 4.08. The largest absolute Gasteiger partial charge is 0.374 e. The topological polar surface area (TPSA) is 64.7 Å². The van der Waals surface area contributed by atoms with Gasteiger partial charge < -0.3 is 5.73 Å². The molecule has 1 aromatic carbocycles. The third-order valence-corrected chi connectivity index (χ3v) is 5.48. The highest BCUT2D eigenvalue weighted by Crippen LogP contribution is 2.29. The summed E-state index contributed by atoms with van der Waals surface area (Å²) in [5.41, 5.74) is 9.04. The predicted octanol–water partition coefficient (Wildman–Crippen LogP) is 3.84. The number of hydrogen-bond acceptors (Lipinski definition) is 7. The van der Waals surface area contributed by atoms with Crippen molar-refractivity contribution in [3.8, 4) is 10.6 Å². The van der Waals surface area contributed by atoms with Crippen LogP contribution in [-0.2, 0) is 5.75 Å². The molecule has 7 heteroatoms. The lowest BCUT2D eigenvalue weighted by Gasteiger charge is -1.97. The van der Waals surface area contributed by atoms with Gasteiger partial charge in [0.15, 0.2) is 4.34 Å². The van der Waals surface area contributed by atoms with Crippen molar-refractivity contribution < 1.29 is 0 Å². The molecular weight excluding hydrogens is 308 g/mol. The zero-order valence-electron chi connectivity index (χ0n) is 10.7. The standard InChI is InChI=1S/C13H12N4S3/c1-8-2-4-9(5-3-8)11-15-10(6-18-11)7-19-13-17-16-12(14)20-13/h2-6H,7H2,1H3,(H2,14,16). The van der Waals surface area contributed by atoms with E-state index in [1.807, 2.05) is 0 Å². The number of anilines is 1. The molecule has 0 fully saturated rings. The zero-order valence-corrected chi connectivity index (χ0v) is 13.2. The monoisotopic (exact) mass is 320 g/mol. The number of hydrogen-bond donors (Lipinski definition) is 1. The van der Waals surface area contributed by atoms with Crippen LogP contribution >= 0.6 is 34.4 Å². The molecule has 0 unspecified atom stereocenters. The molecule has 102 valence electrons. The van der Waals surface area contributed by atoms with Gasteiger partial charge in [-0.25, -0.2) is 4.98 Å². The third-order valence-electron chi connectivity index (χ3n) is 2.62. The zero-order chi connectivity index (χ0) is 13.9. The summed E-state index contributed by atoms with van der Waals surface area (Å²) in [5, 5.41) is 11.4. The van der Waals surface area contributed by atoms with E-state index in [1.54, 1.807) is 23.1 Å². The van der Waals surface area contributed by atoms with Crippen LogP contribution in [0.15, 0.2) is 34.0 Å². The molecule has 0 atom stereocenters. The summed E-state index contributed by atoms with van der Waals surface area (Å²) in [6, 6.07) is 8.43. The fourth-order valence-electron chi connectivity index (χ4n) is 1.62. The van der Waals surface area contributed by atoms with E-state index in [4.69, 9.17) is 5.73 Å². The number of nitrogen functional groups attached to an aromatic ring is 1. The molecule has 20 heavy (non-hydrogen) atoms. The number of nitrogens with two attached hydrogens (primary N) is 1. The second kappa shape index (κ2) is 5.90. The Morgan fingerprint density at radius 2 is 2.00 bits per heavy atom. The minimum Gasteiger partial charge on any atom is -0.374 e. The van der Waals surface area contributed by atoms with Crippen molar-refractivity contribution in [2.24, 2.45) is 0 Å². The highest BCUT2D eigenvalue weighted by molar-refractivity contribution is 8.00. The normalized spacial score (nSPS) is 10.8. The van der Waals surface area contributed by atoms with E-state index < -0.39 is 0 Å². The Labute approximate surface area is 129 Å². The predicted molar refractivity (Wildman–Crippen MR) is 86.2 cm³/mol. The Bertz CT molecular complexity index is 702. The van der Waals surface area contributed by atoms with Gasteiger partial charge in [-0.3, -0.25) is 0 Å². The Kier molecular flexibility index (Phi) is 4.00. The Balaban J connectivity index is 1.69. The minimum absolute atomic E-state index is 0.506. The summed E-state index contributed by atoms with van der Waals surface area (Å²) >= 11 is 4.69. The number of thiazole rings is 1. The van der Waals surface area contributed by atoms with E-state index in [9.17, 15) is 0 Å². The lowest BCUT2D eigenvalue weighted by atomic mass is 10.2. The van der Waals surface area contributed by atoms with Gasteiger partial charge in [-0.1, -0.05) is 52.9 Å². The molecule has 2 aromatic heterocycles. The molecule has 3 aromatic rings. The highest BCUT2D eigenvalue weighted by Gasteiger charge is 2.07. The van der Waals surface area contributed by atoms with Gasteiger partial charge in [-0.2, -0.15) is 0 Å². The molecule has 0 bridgehead atoms. The van der Waals surface area contributed by atoms with Gasteiger partial charge in [0.05, 0.1) is 5.69 Å². The van der Waals surface area contributed by atoms with Crippen LogP contribution in [0.5, 0.6) is 0 Å². The minimum atomic E-state index is 0.506. The summed E-state index contributed by atoms with van der Waals surface area (Å²) in [7, 11) is 0. The molecule has 0 amide bonds. The maximum Gasteiger partial charge on any atom is 0.203 e. The van der Waals surface area contributed by atoms with Gasteiger partial charge in [0.1, 0.15) is 5.01 Å². The number of benzene rings is 1. The average molecular weight is 320 g/mol.